The van der Waals surface area contributed by atoms with Crippen molar-refractivity contribution in [2.24, 2.45) is 0 Å². The highest BCUT2D eigenvalue weighted by atomic mass is 35.5. The lowest BCUT2D eigenvalue weighted by atomic mass is 9.87. The third-order valence-corrected chi connectivity index (χ3v) is 7.78. The van der Waals surface area contributed by atoms with Crippen LogP contribution < -0.4 is 10.1 Å². The number of unbranched alkanes of at least 4 members (excludes halogenated alkanes) is 1. The van der Waals surface area contributed by atoms with Crippen LogP contribution in [0.3, 0.4) is 0 Å². The Morgan fingerprint density at radius 2 is 1.68 bits per heavy atom. The van der Waals surface area contributed by atoms with Gasteiger partial charge in [-0.3, -0.25) is 4.57 Å². The van der Waals surface area contributed by atoms with Gasteiger partial charge in [-0.25, -0.2) is 0 Å². The molecule has 0 aliphatic carbocycles. The van der Waals surface area contributed by atoms with Crippen molar-refractivity contribution >= 4 is 19.2 Å². The lowest BCUT2D eigenvalue weighted by Crippen LogP contribution is -2.15. The number of ether oxygens (including phenoxy) is 1. The Morgan fingerprint density at radius 3 is 2.38 bits per heavy atom. The summed E-state index contributed by atoms with van der Waals surface area (Å²) in [6.07, 6.45) is 4.48. The lowest BCUT2D eigenvalue weighted by molar-refractivity contribution is 0.303. The summed E-state index contributed by atoms with van der Waals surface area (Å²) in [4.78, 5) is 17.8. The molecule has 200 valence electrons. The second-order valence-electron chi connectivity index (χ2n) is 9.78. The topological polar surface area (TPSA) is 78.8 Å². The van der Waals surface area contributed by atoms with E-state index in [1.54, 1.807) is 0 Å². The third-order valence-electron chi connectivity index (χ3n) is 6.64. The van der Waals surface area contributed by atoms with E-state index in [2.05, 4.69) is 49.5 Å². The van der Waals surface area contributed by atoms with Crippen molar-refractivity contribution < 1.29 is 19.1 Å². The zero-order chi connectivity index (χ0) is 26.7. The van der Waals surface area contributed by atoms with Crippen LogP contribution in [0.2, 0.25) is 5.02 Å². The molecule has 5 nitrogen and oxygen atoms in total. The molecule has 0 aromatic heterocycles. The summed E-state index contributed by atoms with van der Waals surface area (Å²) in [5.41, 5.74) is 6.41. The number of hydrogen-bond acceptors (Lipinski definition) is 3. The molecule has 0 spiro atoms. The van der Waals surface area contributed by atoms with Gasteiger partial charge in [-0.1, -0.05) is 54.1 Å². The zero-order valence-corrected chi connectivity index (χ0v) is 23.5. The molecule has 3 N–H and O–H groups in total. The molecule has 0 aliphatic rings. The first kappa shape index (κ1) is 29.4. The molecule has 3 rings (SSSR count). The standard InChI is InChI=1S/C30H39ClNO4P/c1-23-10-11-26(19-24(23)2)20-27(28-8-5-9-29(31)21-28)7-3-4-17-36-30-14-12-25(13-15-30)22-32-16-6-18-37(33,34)35/h5,8-15,19,21,27,32H,3-4,6-7,16-18,20,22H2,1-2H3,(H2,33,34,35). The van der Waals surface area contributed by atoms with Crippen molar-refractivity contribution in [2.75, 3.05) is 19.3 Å². The molecule has 0 fully saturated rings. The second kappa shape index (κ2) is 14.7. The molecular weight excluding hydrogens is 505 g/mol. The van der Waals surface area contributed by atoms with E-state index >= 15 is 0 Å². The minimum Gasteiger partial charge on any atom is -0.494 e. The van der Waals surface area contributed by atoms with Crippen LogP contribution in [0, 0.1) is 13.8 Å². The first-order chi connectivity index (χ1) is 17.7. The summed E-state index contributed by atoms with van der Waals surface area (Å²) in [5, 5.41) is 3.99. The molecule has 0 aliphatic heterocycles. The van der Waals surface area contributed by atoms with E-state index in [0.29, 0.717) is 32.0 Å². The molecule has 0 radical (unpaired) electrons. The normalized spacial score (nSPS) is 12.5. The van der Waals surface area contributed by atoms with E-state index in [4.69, 9.17) is 26.1 Å². The maximum absolute atomic E-state index is 10.9. The van der Waals surface area contributed by atoms with Gasteiger partial charge in [0.25, 0.3) is 0 Å². The number of benzene rings is 3. The average Bonchev–Trinajstić information content (AvgIpc) is 2.85. The van der Waals surface area contributed by atoms with Crippen molar-refractivity contribution in [1.82, 2.24) is 5.32 Å². The van der Waals surface area contributed by atoms with Gasteiger partial charge in [-0.05, 0) is 110 Å². The second-order valence-corrected chi connectivity index (χ2v) is 12.0. The Labute approximate surface area is 226 Å². The van der Waals surface area contributed by atoms with Crippen LogP contribution in [0.15, 0.2) is 66.7 Å². The molecule has 1 atom stereocenters. The number of hydrogen-bond donors (Lipinski definition) is 3. The van der Waals surface area contributed by atoms with E-state index in [-0.39, 0.29) is 6.16 Å². The SMILES string of the molecule is Cc1ccc(CC(CCCCOc2ccc(CNCCCP(=O)(O)O)cc2)c2cccc(Cl)c2)cc1C. The third kappa shape index (κ3) is 11.0. The highest BCUT2D eigenvalue weighted by Gasteiger charge is 2.14. The predicted molar refractivity (Wildman–Crippen MR) is 153 cm³/mol. The predicted octanol–water partition coefficient (Wildman–Crippen LogP) is 7.19. The maximum atomic E-state index is 10.9. The van der Waals surface area contributed by atoms with Crippen molar-refractivity contribution in [2.45, 2.75) is 58.4 Å². The van der Waals surface area contributed by atoms with E-state index < -0.39 is 7.60 Å². The van der Waals surface area contributed by atoms with E-state index in [1.165, 1.54) is 22.3 Å². The molecule has 0 heterocycles. The van der Waals surface area contributed by atoms with E-state index in [9.17, 15) is 4.57 Å². The van der Waals surface area contributed by atoms with Crippen molar-refractivity contribution in [3.05, 3.63) is 99.6 Å². The summed E-state index contributed by atoms with van der Waals surface area (Å²) >= 11 is 6.31. The summed E-state index contributed by atoms with van der Waals surface area (Å²) in [6.45, 7) is 6.23. The van der Waals surface area contributed by atoms with Crippen LogP contribution in [0.5, 0.6) is 5.75 Å². The maximum Gasteiger partial charge on any atom is 0.325 e. The van der Waals surface area contributed by atoms with E-state index in [0.717, 1.165) is 42.0 Å². The number of halogens is 1. The average molecular weight is 544 g/mol. The Bertz CT molecular complexity index is 1160. The lowest BCUT2D eigenvalue weighted by Gasteiger charge is -2.19. The Hall–Kier alpha value is -2.14. The Kier molecular flexibility index (Phi) is 11.7. The fraction of sp³-hybridized carbons (Fsp3) is 0.400. The van der Waals surface area contributed by atoms with Crippen molar-refractivity contribution in [1.29, 1.82) is 0 Å². The van der Waals surface area contributed by atoms with Gasteiger partial charge in [-0.15, -0.1) is 0 Å². The first-order valence-corrected chi connectivity index (χ1v) is 15.2. The van der Waals surface area contributed by atoms with Gasteiger partial charge in [0, 0.05) is 11.6 Å². The molecular formula is C30H39ClNO4P. The van der Waals surface area contributed by atoms with E-state index in [1.807, 2.05) is 36.4 Å². The molecule has 0 amide bonds. The Morgan fingerprint density at radius 1 is 0.919 bits per heavy atom. The summed E-state index contributed by atoms with van der Waals surface area (Å²) in [6, 6.07) is 23.0. The summed E-state index contributed by atoms with van der Waals surface area (Å²) in [5.74, 6) is 1.26. The minimum atomic E-state index is -3.91. The number of rotatable bonds is 15. The van der Waals surface area contributed by atoms with Crippen LogP contribution in [0.25, 0.3) is 0 Å². The fourth-order valence-electron chi connectivity index (χ4n) is 4.39. The van der Waals surface area contributed by atoms with Gasteiger partial charge in [0.1, 0.15) is 5.75 Å². The fourth-order valence-corrected chi connectivity index (χ4v) is 5.16. The van der Waals surface area contributed by atoms with Crippen LogP contribution in [-0.2, 0) is 17.5 Å². The van der Waals surface area contributed by atoms with Crippen molar-refractivity contribution in [3.63, 3.8) is 0 Å². The molecule has 0 bridgehead atoms. The highest BCUT2D eigenvalue weighted by molar-refractivity contribution is 7.51. The van der Waals surface area contributed by atoms with Crippen LogP contribution >= 0.6 is 19.2 Å². The molecule has 3 aromatic rings. The molecule has 1 unspecified atom stereocenters. The molecule has 0 saturated heterocycles. The van der Waals surface area contributed by atoms with Gasteiger partial charge in [-0.2, -0.15) is 0 Å². The van der Waals surface area contributed by atoms with Gasteiger partial charge in [0.2, 0.25) is 0 Å². The van der Waals surface area contributed by atoms with Crippen LogP contribution in [0.4, 0.5) is 0 Å². The van der Waals surface area contributed by atoms with Gasteiger partial charge >= 0.3 is 7.60 Å². The molecule has 37 heavy (non-hydrogen) atoms. The van der Waals surface area contributed by atoms with Gasteiger partial charge in [0.15, 0.2) is 0 Å². The number of nitrogens with one attached hydrogen (secondary N) is 1. The molecule has 0 saturated carbocycles. The quantitative estimate of drug-likeness (QED) is 0.140. The first-order valence-electron chi connectivity index (χ1n) is 13.0. The summed E-state index contributed by atoms with van der Waals surface area (Å²) < 4.78 is 16.9. The highest BCUT2D eigenvalue weighted by Crippen LogP contribution is 2.34. The van der Waals surface area contributed by atoms with Gasteiger partial charge < -0.3 is 19.8 Å². The Balaban J connectivity index is 1.43. The van der Waals surface area contributed by atoms with Crippen molar-refractivity contribution in [3.8, 4) is 5.75 Å². The van der Waals surface area contributed by atoms with Crippen LogP contribution in [-0.4, -0.2) is 29.1 Å². The minimum absolute atomic E-state index is 0.0851. The molecule has 3 aromatic carbocycles. The smallest absolute Gasteiger partial charge is 0.325 e. The largest absolute Gasteiger partial charge is 0.494 e. The summed E-state index contributed by atoms with van der Waals surface area (Å²) in [7, 11) is -3.91. The zero-order valence-electron chi connectivity index (χ0n) is 21.8. The van der Waals surface area contributed by atoms with Gasteiger partial charge in [0.05, 0.1) is 12.8 Å². The number of aryl methyl sites for hydroxylation is 2. The van der Waals surface area contributed by atoms with Crippen LogP contribution in [0.1, 0.15) is 59.4 Å². The molecule has 7 heteroatoms. The monoisotopic (exact) mass is 543 g/mol.